The Morgan fingerprint density at radius 3 is 2.57 bits per heavy atom. The van der Waals surface area contributed by atoms with Crippen LogP contribution in [-0.4, -0.2) is 90.5 Å². The van der Waals surface area contributed by atoms with Crippen molar-refractivity contribution in [1.29, 1.82) is 0 Å². The van der Waals surface area contributed by atoms with Gasteiger partial charge >= 0.3 is 0 Å². The number of aromatic amines is 1. The van der Waals surface area contributed by atoms with Gasteiger partial charge < -0.3 is 25.0 Å². The van der Waals surface area contributed by atoms with E-state index in [9.17, 15) is 0 Å². The fourth-order valence-corrected chi connectivity index (χ4v) is 3.95. The van der Waals surface area contributed by atoms with Crippen LogP contribution in [-0.2, 0) is 6.54 Å². The highest BCUT2D eigenvalue weighted by Gasteiger charge is 2.18. The fourth-order valence-electron chi connectivity index (χ4n) is 3.95. The van der Waals surface area contributed by atoms with Crippen molar-refractivity contribution in [2.24, 2.45) is 10.9 Å². The van der Waals surface area contributed by atoms with Crippen LogP contribution in [0.25, 0.3) is 11.3 Å². The zero-order valence-corrected chi connectivity index (χ0v) is 18.9. The molecule has 1 fully saturated rings. The van der Waals surface area contributed by atoms with Gasteiger partial charge in [0.05, 0.1) is 18.4 Å². The summed E-state index contributed by atoms with van der Waals surface area (Å²) < 4.78 is 0. The Balaban J connectivity index is 1.45. The van der Waals surface area contributed by atoms with Gasteiger partial charge in [0.1, 0.15) is 5.82 Å². The van der Waals surface area contributed by atoms with Crippen LogP contribution >= 0.6 is 0 Å². The number of aliphatic imine (C=N–C) groups is 1. The minimum atomic E-state index is 0.566. The largest absolute Gasteiger partial charge is 0.356 e. The number of H-pyrrole nitrogens is 1. The predicted molar refractivity (Wildman–Crippen MR) is 125 cm³/mol. The van der Waals surface area contributed by atoms with Gasteiger partial charge in [0.25, 0.3) is 0 Å². The number of nitrogens with zero attached hydrogens (tertiary/aromatic N) is 5. The molecule has 0 amide bonds. The van der Waals surface area contributed by atoms with Crippen molar-refractivity contribution in [1.82, 2.24) is 30.0 Å². The Morgan fingerprint density at radius 1 is 1.20 bits per heavy atom. The zero-order chi connectivity index (χ0) is 21.3. The van der Waals surface area contributed by atoms with Crippen LogP contribution in [0.1, 0.15) is 19.7 Å². The highest BCUT2D eigenvalue weighted by molar-refractivity contribution is 5.79. The van der Waals surface area contributed by atoms with E-state index in [1.54, 1.807) is 0 Å². The van der Waals surface area contributed by atoms with E-state index in [2.05, 4.69) is 68.0 Å². The maximum atomic E-state index is 4.54. The van der Waals surface area contributed by atoms with Crippen molar-refractivity contribution in [2.75, 3.05) is 59.9 Å². The van der Waals surface area contributed by atoms with E-state index >= 15 is 0 Å². The van der Waals surface area contributed by atoms with E-state index in [0.717, 1.165) is 42.7 Å². The first kappa shape index (κ1) is 22.3. The highest BCUT2D eigenvalue weighted by atomic mass is 15.3. The SMILES string of the molecule is CCN1CCN(CC(C)CNC(=NC)N(C)Cc2ncc(-c3ccccc3)[nH]2)CC1. The predicted octanol–water partition coefficient (Wildman–Crippen LogP) is 2.36. The number of benzene rings is 1. The van der Waals surface area contributed by atoms with Crippen molar-refractivity contribution < 1.29 is 0 Å². The van der Waals surface area contributed by atoms with Crippen LogP contribution in [0.3, 0.4) is 0 Å². The molecule has 1 saturated heterocycles. The van der Waals surface area contributed by atoms with Crippen LogP contribution in [0, 0.1) is 5.92 Å². The van der Waals surface area contributed by atoms with Gasteiger partial charge in [-0.1, -0.05) is 44.2 Å². The smallest absolute Gasteiger partial charge is 0.193 e. The molecular weight excluding hydrogens is 374 g/mol. The Hall–Kier alpha value is -2.38. The standard InChI is InChI=1S/C23H37N7/c1-5-29-11-13-30(14-12-29)17-19(2)15-26-23(24-3)28(4)18-22-25-16-21(27-22)20-9-7-6-8-10-20/h6-10,16,19H,5,11-15,17-18H2,1-4H3,(H,24,26)(H,25,27). The third-order valence-electron chi connectivity index (χ3n) is 5.76. The van der Waals surface area contributed by atoms with Gasteiger partial charge in [-0.25, -0.2) is 4.98 Å². The molecule has 0 aliphatic carbocycles. The second kappa shape index (κ2) is 11.1. The topological polar surface area (TPSA) is 62.8 Å². The molecule has 3 rings (SSSR count). The van der Waals surface area contributed by atoms with Crippen molar-refractivity contribution in [3.05, 3.63) is 42.4 Å². The quantitative estimate of drug-likeness (QED) is 0.516. The van der Waals surface area contributed by atoms with Crippen molar-refractivity contribution >= 4 is 5.96 Å². The summed E-state index contributed by atoms with van der Waals surface area (Å²) >= 11 is 0. The van der Waals surface area contributed by atoms with Gasteiger partial charge in [-0.05, 0) is 18.0 Å². The molecule has 0 bridgehead atoms. The molecule has 0 spiro atoms. The third-order valence-corrected chi connectivity index (χ3v) is 5.76. The third kappa shape index (κ3) is 6.31. The maximum Gasteiger partial charge on any atom is 0.193 e. The molecule has 7 heteroatoms. The molecule has 0 radical (unpaired) electrons. The molecule has 30 heavy (non-hydrogen) atoms. The number of aromatic nitrogens is 2. The van der Waals surface area contributed by atoms with E-state index < -0.39 is 0 Å². The number of hydrogen-bond donors (Lipinski definition) is 2. The van der Waals surface area contributed by atoms with Crippen LogP contribution in [0.4, 0.5) is 0 Å². The molecular formula is C23H37N7. The van der Waals surface area contributed by atoms with Gasteiger partial charge in [0.15, 0.2) is 5.96 Å². The molecule has 2 aromatic rings. The fraction of sp³-hybridized carbons (Fsp3) is 0.565. The number of imidazole rings is 1. The Labute approximate surface area is 181 Å². The monoisotopic (exact) mass is 411 g/mol. The summed E-state index contributed by atoms with van der Waals surface area (Å²) in [4.78, 5) is 19.6. The van der Waals surface area contributed by atoms with E-state index in [1.807, 2.05) is 31.4 Å². The normalized spacial score (nSPS) is 17.1. The molecule has 1 aliphatic heterocycles. The van der Waals surface area contributed by atoms with Gasteiger partial charge in [-0.15, -0.1) is 0 Å². The van der Waals surface area contributed by atoms with E-state index in [1.165, 1.54) is 26.2 Å². The molecule has 0 saturated carbocycles. The molecule has 164 valence electrons. The summed E-state index contributed by atoms with van der Waals surface area (Å²) in [7, 11) is 3.89. The summed E-state index contributed by atoms with van der Waals surface area (Å²) in [5.41, 5.74) is 2.19. The van der Waals surface area contributed by atoms with Crippen LogP contribution in [0.5, 0.6) is 0 Å². The summed E-state index contributed by atoms with van der Waals surface area (Å²) in [6, 6.07) is 10.3. The van der Waals surface area contributed by atoms with Crippen molar-refractivity contribution in [3.8, 4) is 11.3 Å². The lowest BCUT2D eigenvalue weighted by molar-refractivity contribution is 0.124. The molecule has 1 aliphatic rings. The summed E-state index contributed by atoms with van der Waals surface area (Å²) in [6.45, 7) is 13.2. The van der Waals surface area contributed by atoms with Crippen LogP contribution < -0.4 is 5.32 Å². The summed E-state index contributed by atoms with van der Waals surface area (Å²) in [5, 5.41) is 3.53. The van der Waals surface area contributed by atoms with Gasteiger partial charge in [0, 0.05) is 53.4 Å². The first-order valence-electron chi connectivity index (χ1n) is 11.0. The molecule has 1 unspecified atom stereocenters. The summed E-state index contributed by atoms with van der Waals surface area (Å²) in [5.74, 6) is 2.40. The van der Waals surface area contributed by atoms with Gasteiger partial charge in [-0.2, -0.15) is 0 Å². The summed E-state index contributed by atoms with van der Waals surface area (Å²) in [6.07, 6.45) is 1.90. The minimum Gasteiger partial charge on any atom is -0.356 e. The Morgan fingerprint density at radius 2 is 1.90 bits per heavy atom. The number of nitrogens with one attached hydrogen (secondary N) is 2. The first-order valence-corrected chi connectivity index (χ1v) is 11.0. The number of likely N-dealkylation sites (N-methyl/N-ethyl adjacent to an activating group) is 1. The number of rotatable bonds is 8. The van der Waals surface area contributed by atoms with E-state index in [0.29, 0.717) is 12.5 Å². The second-order valence-corrected chi connectivity index (χ2v) is 8.23. The van der Waals surface area contributed by atoms with Crippen molar-refractivity contribution in [3.63, 3.8) is 0 Å². The van der Waals surface area contributed by atoms with Crippen LogP contribution in [0.2, 0.25) is 0 Å². The van der Waals surface area contributed by atoms with E-state index in [-0.39, 0.29) is 0 Å². The molecule has 2 heterocycles. The molecule has 1 aromatic carbocycles. The molecule has 1 aromatic heterocycles. The van der Waals surface area contributed by atoms with Gasteiger partial charge in [-0.3, -0.25) is 4.99 Å². The number of piperazine rings is 1. The maximum absolute atomic E-state index is 4.54. The van der Waals surface area contributed by atoms with Gasteiger partial charge in [0.2, 0.25) is 0 Å². The molecule has 2 N–H and O–H groups in total. The lowest BCUT2D eigenvalue weighted by atomic mass is 10.1. The Kier molecular flexibility index (Phi) is 8.28. The first-order chi connectivity index (χ1) is 14.6. The average Bonchev–Trinajstić information content (AvgIpc) is 3.24. The zero-order valence-electron chi connectivity index (χ0n) is 18.9. The van der Waals surface area contributed by atoms with Crippen molar-refractivity contribution in [2.45, 2.75) is 20.4 Å². The van der Waals surface area contributed by atoms with E-state index in [4.69, 9.17) is 0 Å². The van der Waals surface area contributed by atoms with Crippen LogP contribution in [0.15, 0.2) is 41.5 Å². The highest BCUT2D eigenvalue weighted by Crippen LogP contribution is 2.16. The lowest BCUT2D eigenvalue weighted by Crippen LogP contribution is -2.48. The Bertz CT molecular complexity index is 778. The molecule has 7 nitrogen and oxygen atoms in total. The molecule has 1 atom stereocenters. The second-order valence-electron chi connectivity index (χ2n) is 8.23. The average molecular weight is 412 g/mol. The lowest BCUT2D eigenvalue weighted by Gasteiger charge is -2.35. The minimum absolute atomic E-state index is 0.566. The number of hydrogen-bond acceptors (Lipinski definition) is 4. The number of guanidine groups is 1.